The number of carbonyl (C=O) groups excluding carboxylic acids is 2. The zero-order chi connectivity index (χ0) is 21.8. The van der Waals surface area contributed by atoms with Crippen LogP contribution in [0.5, 0.6) is 0 Å². The van der Waals surface area contributed by atoms with Crippen molar-refractivity contribution in [2.45, 2.75) is 64.5 Å². The quantitative estimate of drug-likeness (QED) is 0.635. The molecule has 162 valence electrons. The minimum Gasteiger partial charge on any atom is -0.448 e. The molecule has 4 nitrogen and oxygen atoms in total. The highest BCUT2D eigenvalue weighted by atomic mass is 16.6. The van der Waals surface area contributed by atoms with E-state index in [1.807, 2.05) is 25.7 Å². The molecular formula is C27H31NO3. The number of hydrogen-bond donors (Lipinski definition) is 0. The summed E-state index contributed by atoms with van der Waals surface area (Å²) < 4.78 is 5.93. The summed E-state index contributed by atoms with van der Waals surface area (Å²) >= 11 is 0. The van der Waals surface area contributed by atoms with Crippen LogP contribution in [-0.2, 0) is 9.53 Å². The summed E-state index contributed by atoms with van der Waals surface area (Å²) in [4.78, 5) is 27.9. The Bertz CT molecular complexity index is 962. The molecule has 2 bridgehead atoms. The van der Waals surface area contributed by atoms with Gasteiger partial charge in [-0.15, -0.1) is 0 Å². The van der Waals surface area contributed by atoms with Crippen LogP contribution in [0.2, 0.25) is 0 Å². The van der Waals surface area contributed by atoms with Crippen molar-refractivity contribution in [3.63, 3.8) is 0 Å². The molecule has 2 heterocycles. The number of piperidine rings is 1. The lowest BCUT2D eigenvalue weighted by atomic mass is 9.77. The molecule has 1 aliphatic carbocycles. The summed E-state index contributed by atoms with van der Waals surface area (Å²) in [5.74, 6) is 0.473. The molecule has 2 aromatic rings. The van der Waals surface area contributed by atoms with Crippen molar-refractivity contribution >= 4 is 11.9 Å². The van der Waals surface area contributed by atoms with E-state index >= 15 is 0 Å². The third kappa shape index (κ3) is 3.46. The molecule has 2 aromatic carbocycles. The number of fused-ring (bicyclic) bond motifs is 5. The highest BCUT2D eigenvalue weighted by Crippen LogP contribution is 2.45. The van der Waals surface area contributed by atoms with Gasteiger partial charge in [-0.25, -0.2) is 4.79 Å². The highest BCUT2D eigenvalue weighted by Gasteiger charge is 2.47. The van der Waals surface area contributed by atoms with E-state index < -0.39 is 0 Å². The normalized spacial score (nSPS) is 24.6. The van der Waals surface area contributed by atoms with Crippen molar-refractivity contribution in [1.82, 2.24) is 4.90 Å². The van der Waals surface area contributed by atoms with Crippen LogP contribution in [0.15, 0.2) is 48.5 Å². The maximum Gasteiger partial charge on any atom is 0.410 e. The molecule has 0 aromatic heterocycles. The second kappa shape index (κ2) is 7.51. The summed E-state index contributed by atoms with van der Waals surface area (Å²) in [5.41, 5.74) is 4.61. The van der Waals surface area contributed by atoms with Crippen LogP contribution in [0.4, 0.5) is 4.79 Å². The van der Waals surface area contributed by atoms with Gasteiger partial charge in [-0.1, -0.05) is 69.3 Å². The minimum absolute atomic E-state index is 0.0649. The van der Waals surface area contributed by atoms with Crippen LogP contribution in [0.1, 0.15) is 63.5 Å². The maximum absolute atomic E-state index is 13.1. The van der Waals surface area contributed by atoms with E-state index in [4.69, 9.17) is 4.74 Å². The molecule has 1 amide bonds. The number of ketones is 1. The maximum atomic E-state index is 13.1. The van der Waals surface area contributed by atoms with Gasteiger partial charge in [-0.05, 0) is 47.9 Å². The number of carbonyl (C=O) groups is 2. The molecule has 2 atom stereocenters. The number of nitrogens with zero attached hydrogens (tertiary/aromatic N) is 1. The Labute approximate surface area is 184 Å². The molecule has 0 saturated carbocycles. The van der Waals surface area contributed by atoms with Gasteiger partial charge in [0.25, 0.3) is 0 Å². The lowest BCUT2D eigenvalue weighted by Gasteiger charge is -2.39. The molecule has 3 aliphatic rings. The van der Waals surface area contributed by atoms with E-state index in [0.717, 1.165) is 25.7 Å². The van der Waals surface area contributed by atoms with Gasteiger partial charge in [0, 0.05) is 29.3 Å². The van der Waals surface area contributed by atoms with Crippen LogP contribution < -0.4 is 0 Å². The van der Waals surface area contributed by atoms with Gasteiger partial charge in [0.2, 0.25) is 0 Å². The SMILES string of the molecule is CC(C)(C)C(=O)C1CC2CCC(C1)N2C(=O)OCC1c2ccccc2-c2ccccc21. The molecule has 2 fully saturated rings. The molecule has 4 heteroatoms. The second-order valence-electron chi connectivity index (χ2n) is 10.4. The number of rotatable bonds is 3. The molecular weight excluding hydrogens is 386 g/mol. The first-order valence-corrected chi connectivity index (χ1v) is 11.5. The predicted octanol–water partition coefficient (Wildman–Crippen LogP) is 5.79. The van der Waals surface area contributed by atoms with Crippen LogP contribution in [-0.4, -0.2) is 35.5 Å². The summed E-state index contributed by atoms with van der Waals surface area (Å²) in [6.45, 7) is 6.34. The Balaban J connectivity index is 1.29. The molecule has 0 N–H and O–H groups in total. The van der Waals surface area contributed by atoms with Crippen LogP contribution >= 0.6 is 0 Å². The second-order valence-corrected chi connectivity index (χ2v) is 10.4. The Hall–Kier alpha value is -2.62. The predicted molar refractivity (Wildman–Crippen MR) is 121 cm³/mol. The van der Waals surface area contributed by atoms with Gasteiger partial charge in [0.05, 0.1) is 0 Å². The largest absolute Gasteiger partial charge is 0.448 e. The monoisotopic (exact) mass is 417 g/mol. The molecule has 5 rings (SSSR count). The van der Waals surface area contributed by atoms with E-state index in [-0.39, 0.29) is 35.4 Å². The average molecular weight is 418 g/mol. The first-order valence-electron chi connectivity index (χ1n) is 11.5. The molecule has 2 aliphatic heterocycles. The van der Waals surface area contributed by atoms with Gasteiger partial charge < -0.3 is 9.64 Å². The Morgan fingerprint density at radius 3 is 1.94 bits per heavy atom. The fourth-order valence-corrected chi connectivity index (χ4v) is 5.97. The molecule has 0 radical (unpaired) electrons. The first-order chi connectivity index (χ1) is 14.8. The zero-order valence-electron chi connectivity index (χ0n) is 18.6. The average Bonchev–Trinajstić information content (AvgIpc) is 3.22. The fraction of sp³-hybridized carbons (Fsp3) is 0.481. The third-order valence-electron chi connectivity index (χ3n) is 7.39. The van der Waals surface area contributed by atoms with Crippen LogP contribution in [0, 0.1) is 11.3 Å². The molecule has 31 heavy (non-hydrogen) atoms. The number of amides is 1. The molecule has 2 saturated heterocycles. The van der Waals surface area contributed by atoms with Crippen molar-refractivity contribution in [2.75, 3.05) is 6.61 Å². The summed E-state index contributed by atoms with van der Waals surface area (Å²) in [6, 6.07) is 17.1. The van der Waals surface area contributed by atoms with Crippen molar-refractivity contribution < 1.29 is 14.3 Å². The van der Waals surface area contributed by atoms with E-state index in [1.165, 1.54) is 22.3 Å². The molecule has 2 unspecified atom stereocenters. The Morgan fingerprint density at radius 2 is 1.42 bits per heavy atom. The van der Waals surface area contributed by atoms with Gasteiger partial charge in [-0.2, -0.15) is 0 Å². The minimum atomic E-state index is -0.323. The van der Waals surface area contributed by atoms with Gasteiger partial charge >= 0.3 is 6.09 Å². The fourth-order valence-electron chi connectivity index (χ4n) is 5.97. The topological polar surface area (TPSA) is 46.6 Å². The lowest BCUT2D eigenvalue weighted by Crippen LogP contribution is -2.49. The van der Waals surface area contributed by atoms with Crippen LogP contribution in [0.25, 0.3) is 11.1 Å². The van der Waals surface area contributed by atoms with E-state index in [1.54, 1.807) is 0 Å². The van der Waals surface area contributed by atoms with Gasteiger partial charge in [0.1, 0.15) is 12.4 Å². The summed E-state index contributed by atoms with van der Waals surface area (Å²) in [7, 11) is 0. The number of benzene rings is 2. The highest BCUT2D eigenvalue weighted by molar-refractivity contribution is 5.86. The Morgan fingerprint density at radius 1 is 0.903 bits per heavy atom. The van der Waals surface area contributed by atoms with Gasteiger partial charge in [-0.3, -0.25) is 4.79 Å². The first kappa shape index (κ1) is 20.3. The number of ether oxygens (including phenoxy) is 1. The Kier molecular flexibility index (Phi) is 4.91. The smallest absolute Gasteiger partial charge is 0.410 e. The van der Waals surface area contributed by atoms with Crippen molar-refractivity contribution in [3.05, 3.63) is 59.7 Å². The van der Waals surface area contributed by atoms with E-state index in [2.05, 4.69) is 48.5 Å². The van der Waals surface area contributed by atoms with E-state index in [0.29, 0.717) is 12.4 Å². The lowest BCUT2D eigenvalue weighted by molar-refractivity contribution is -0.132. The van der Waals surface area contributed by atoms with Crippen molar-refractivity contribution in [1.29, 1.82) is 0 Å². The zero-order valence-corrected chi connectivity index (χ0v) is 18.6. The standard InChI is InChI=1S/C27H31NO3/c1-27(2,3)25(29)17-14-18-12-13-19(15-17)28(18)26(30)31-16-24-22-10-6-4-8-20(22)21-9-5-7-11-23(21)24/h4-11,17-19,24H,12-16H2,1-3H3. The van der Waals surface area contributed by atoms with E-state index in [9.17, 15) is 9.59 Å². The number of hydrogen-bond acceptors (Lipinski definition) is 3. The summed E-state index contributed by atoms with van der Waals surface area (Å²) in [6.07, 6.45) is 3.29. The number of Topliss-reactive ketones (excluding diaryl/α,β-unsaturated/α-hetero) is 1. The summed E-state index contributed by atoms with van der Waals surface area (Å²) in [5, 5.41) is 0. The molecule has 0 spiro atoms. The van der Waals surface area contributed by atoms with Crippen molar-refractivity contribution in [2.24, 2.45) is 11.3 Å². The third-order valence-corrected chi connectivity index (χ3v) is 7.39. The van der Waals surface area contributed by atoms with Gasteiger partial charge in [0.15, 0.2) is 0 Å². The van der Waals surface area contributed by atoms with Crippen molar-refractivity contribution in [3.8, 4) is 11.1 Å². The van der Waals surface area contributed by atoms with Crippen LogP contribution in [0.3, 0.4) is 0 Å².